The van der Waals surface area contributed by atoms with Gasteiger partial charge >= 0.3 is 0 Å². The molecule has 0 aromatic heterocycles. The molecule has 0 spiro atoms. The number of benzene rings is 1. The Hall–Kier alpha value is -1.69. The summed E-state index contributed by atoms with van der Waals surface area (Å²) >= 11 is 0. The molecule has 1 aromatic rings. The summed E-state index contributed by atoms with van der Waals surface area (Å²) < 4.78 is 5.26. The maximum absolute atomic E-state index is 8.79. The molecule has 0 amide bonds. The number of hydrogen-bond donors (Lipinski definition) is 1. The molecule has 1 saturated carbocycles. The normalized spacial score (nSPS) is 15.0. The van der Waals surface area contributed by atoms with Crippen LogP contribution in [0.1, 0.15) is 24.8 Å². The number of nitriles is 1. The second kappa shape index (κ2) is 4.89. The van der Waals surface area contributed by atoms with Crippen molar-refractivity contribution < 1.29 is 4.74 Å². The van der Waals surface area contributed by atoms with Crippen LogP contribution in [0.2, 0.25) is 0 Å². The number of rotatable bonds is 4. The largest absolute Gasteiger partial charge is 0.495 e. The van der Waals surface area contributed by atoms with E-state index in [9.17, 15) is 0 Å². The molecule has 0 bridgehead atoms. The topological polar surface area (TPSA) is 45.0 Å². The maximum atomic E-state index is 8.79. The van der Waals surface area contributed by atoms with Crippen LogP contribution in [-0.2, 0) is 0 Å². The average molecular weight is 216 g/mol. The Balaban J connectivity index is 2.04. The van der Waals surface area contributed by atoms with E-state index in [-0.39, 0.29) is 0 Å². The van der Waals surface area contributed by atoms with Gasteiger partial charge in [-0.3, -0.25) is 0 Å². The van der Waals surface area contributed by atoms with Gasteiger partial charge in [0.25, 0.3) is 0 Å². The second-order valence-corrected chi connectivity index (χ2v) is 4.20. The summed E-state index contributed by atoms with van der Waals surface area (Å²) in [5.74, 6) is 1.55. The van der Waals surface area contributed by atoms with Crippen molar-refractivity contribution in [2.45, 2.75) is 19.3 Å². The van der Waals surface area contributed by atoms with E-state index in [0.29, 0.717) is 5.56 Å². The van der Waals surface area contributed by atoms with E-state index in [1.165, 1.54) is 19.3 Å². The molecule has 16 heavy (non-hydrogen) atoms. The van der Waals surface area contributed by atoms with Crippen molar-refractivity contribution in [3.8, 4) is 11.8 Å². The van der Waals surface area contributed by atoms with E-state index >= 15 is 0 Å². The van der Waals surface area contributed by atoms with Gasteiger partial charge in [0, 0.05) is 12.6 Å². The highest BCUT2D eigenvalue weighted by Crippen LogP contribution is 2.29. The van der Waals surface area contributed by atoms with Crippen LogP contribution in [0.3, 0.4) is 0 Å². The highest BCUT2D eigenvalue weighted by atomic mass is 16.5. The van der Waals surface area contributed by atoms with Gasteiger partial charge in [-0.2, -0.15) is 5.26 Å². The predicted molar refractivity (Wildman–Crippen MR) is 63.5 cm³/mol. The first-order valence-electron chi connectivity index (χ1n) is 5.65. The van der Waals surface area contributed by atoms with Crippen molar-refractivity contribution in [3.05, 3.63) is 23.8 Å². The van der Waals surface area contributed by atoms with Gasteiger partial charge in [0.05, 0.1) is 24.4 Å². The highest BCUT2D eigenvalue weighted by molar-refractivity contribution is 5.59. The zero-order chi connectivity index (χ0) is 11.4. The molecule has 0 atom stereocenters. The van der Waals surface area contributed by atoms with Crippen LogP contribution in [0.5, 0.6) is 5.75 Å². The van der Waals surface area contributed by atoms with Gasteiger partial charge in [0.2, 0.25) is 0 Å². The van der Waals surface area contributed by atoms with Crippen LogP contribution in [0.25, 0.3) is 0 Å². The molecule has 0 radical (unpaired) electrons. The number of nitrogens with one attached hydrogen (secondary N) is 1. The molecule has 3 heteroatoms. The molecule has 0 saturated heterocycles. The van der Waals surface area contributed by atoms with Gasteiger partial charge in [0.1, 0.15) is 5.75 Å². The molecule has 3 nitrogen and oxygen atoms in total. The van der Waals surface area contributed by atoms with Crippen molar-refractivity contribution in [2.24, 2.45) is 5.92 Å². The second-order valence-electron chi connectivity index (χ2n) is 4.20. The smallest absolute Gasteiger partial charge is 0.143 e. The molecular formula is C13H16N2O. The highest BCUT2D eigenvalue weighted by Gasteiger charge is 2.17. The first-order chi connectivity index (χ1) is 7.83. The van der Waals surface area contributed by atoms with Crippen molar-refractivity contribution in [3.63, 3.8) is 0 Å². The number of ether oxygens (including phenoxy) is 1. The zero-order valence-corrected chi connectivity index (χ0v) is 9.49. The molecule has 0 unspecified atom stereocenters. The standard InChI is InChI=1S/C13H16N2O/c1-16-13-7-11(8-14)5-6-12(13)15-9-10-3-2-4-10/h5-7,10,15H,2-4,9H2,1H3. The van der Waals surface area contributed by atoms with Crippen LogP contribution in [0.4, 0.5) is 5.69 Å². The lowest BCUT2D eigenvalue weighted by atomic mass is 9.85. The van der Waals surface area contributed by atoms with Crippen molar-refractivity contribution in [1.29, 1.82) is 5.26 Å². The summed E-state index contributed by atoms with van der Waals surface area (Å²) in [7, 11) is 1.63. The fraction of sp³-hybridized carbons (Fsp3) is 0.462. The summed E-state index contributed by atoms with van der Waals surface area (Å²) in [6.45, 7) is 1.00. The van der Waals surface area contributed by atoms with Crippen molar-refractivity contribution >= 4 is 5.69 Å². The van der Waals surface area contributed by atoms with Gasteiger partial charge in [-0.05, 0) is 30.9 Å². The lowest BCUT2D eigenvalue weighted by molar-refractivity contribution is 0.333. The third kappa shape index (κ3) is 2.27. The SMILES string of the molecule is COc1cc(C#N)ccc1NCC1CCC1. The van der Waals surface area contributed by atoms with Crippen molar-refractivity contribution in [2.75, 3.05) is 19.0 Å². The van der Waals surface area contributed by atoms with Gasteiger partial charge in [0.15, 0.2) is 0 Å². The van der Waals surface area contributed by atoms with E-state index in [1.54, 1.807) is 13.2 Å². The van der Waals surface area contributed by atoms with Gasteiger partial charge < -0.3 is 10.1 Å². The van der Waals surface area contributed by atoms with E-state index in [0.717, 1.165) is 23.9 Å². The molecule has 1 aliphatic carbocycles. The molecule has 84 valence electrons. The molecule has 1 N–H and O–H groups in total. The van der Waals surface area contributed by atoms with Crippen LogP contribution < -0.4 is 10.1 Å². The minimum Gasteiger partial charge on any atom is -0.495 e. The van der Waals surface area contributed by atoms with E-state index in [2.05, 4.69) is 11.4 Å². The van der Waals surface area contributed by atoms with Crippen LogP contribution in [-0.4, -0.2) is 13.7 Å². The third-order valence-electron chi connectivity index (χ3n) is 3.14. The Morgan fingerprint density at radius 2 is 2.31 bits per heavy atom. The first kappa shape index (κ1) is 10.8. The Morgan fingerprint density at radius 3 is 2.88 bits per heavy atom. The molecule has 2 rings (SSSR count). The van der Waals surface area contributed by atoms with Crippen molar-refractivity contribution in [1.82, 2.24) is 0 Å². The Labute approximate surface area is 96.0 Å². The maximum Gasteiger partial charge on any atom is 0.143 e. The zero-order valence-electron chi connectivity index (χ0n) is 9.49. The van der Waals surface area contributed by atoms with Crippen LogP contribution in [0, 0.1) is 17.2 Å². The summed E-state index contributed by atoms with van der Waals surface area (Å²) in [6.07, 6.45) is 4.01. The van der Waals surface area contributed by atoms with Gasteiger partial charge in [-0.25, -0.2) is 0 Å². The number of hydrogen-bond acceptors (Lipinski definition) is 3. The third-order valence-corrected chi connectivity index (χ3v) is 3.14. The lowest BCUT2D eigenvalue weighted by Crippen LogP contribution is -2.21. The predicted octanol–water partition coefficient (Wildman–Crippen LogP) is 2.78. The molecule has 0 heterocycles. The summed E-state index contributed by atoms with van der Waals surface area (Å²) in [5.41, 5.74) is 1.61. The monoisotopic (exact) mass is 216 g/mol. The first-order valence-corrected chi connectivity index (χ1v) is 5.65. The number of methoxy groups -OCH3 is 1. The molecular weight excluding hydrogens is 200 g/mol. The summed E-state index contributed by atoms with van der Waals surface area (Å²) in [6, 6.07) is 7.60. The fourth-order valence-electron chi connectivity index (χ4n) is 1.86. The minimum atomic E-state index is 0.631. The lowest BCUT2D eigenvalue weighted by Gasteiger charge is -2.26. The van der Waals surface area contributed by atoms with E-state index in [1.807, 2.05) is 12.1 Å². The minimum absolute atomic E-state index is 0.631. The molecule has 1 aliphatic rings. The molecule has 1 aromatic carbocycles. The van der Waals surface area contributed by atoms with E-state index < -0.39 is 0 Å². The van der Waals surface area contributed by atoms with Gasteiger partial charge in [-0.15, -0.1) is 0 Å². The number of nitrogens with zero attached hydrogens (tertiary/aromatic N) is 1. The van der Waals surface area contributed by atoms with Crippen LogP contribution in [0.15, 0.2) is 18.2 Å². The Bertz CT molecular complexity index is 405. The Kier molecular flexibility index (Phi) is 3.31. The molecule has 1 fully saturated rings. The van der Waals surface area contributed by atoms with Crippen LogP contribution >= 0.6 is 0 Å². The average Bonchev–Trinajstić information content (AvgIpc) is 2.27. The fourth-order valence-corrected chi connectivity index (χ4v) is 1.86. The number of anilines is 1. The summed E-state index contributed by atoms with van der Waals surface area (Å²) in [4.78, 5) is 0. The quantitative estimate of drug-likeness (QED) is 0.841. The van der Waals surface area contributed by atoms with E-state index in [4.69, 9.17) is 10.00 Å². The Morgan fingerprint density at radius 1 is 1.50 bits per heavy atom. The van der Waals surface area contributed by atoms with Gasteiger partial charge in [-0.1, -0.05) is 6.42 Å². The molecule has 0 aliphatic heterocycles. The summed E-state index contributed by atoms with van der Waals surface area (Å²) in [5, 5.41) is 12.2.